The third kappa shape index (κ3) is 3.77. The van der Waals surface area contributed by atoms with E-state index < -0.39 is 5.82 Å². The summed E-state index contributed by atoms with van der Waals surface area (Å²) in [7, 11) is 0. The van der Waals surface area contributed by atoms with Crippen LogP contribution in [0.1, 0.15) is 25.7 Å². The molecule has 102 valence electrons. The molecule has 1 aliphatic heterocycles. The second-order valence-electron chi connectivity index (χ2n) is 4.65. The maximum absolute atomic E-state index is 13.4. The number of nitrogens with one attached hydrogen (secondary N) is 1. The summed E-state index contributed by atoms with van der Waals surface area (Å²) in [6.45, 7) is 0.594. The lowest BCUT2D eigenvalue weighted by molar-refractivity contribution is -0.134. The summed E-state index contributed by atoms with van der Waals surface area (Å²) in [5, 5.41) is 2.49. The molecule has 5 heteroatoms. The molecular formula is C14H17FN2O2. The van der Waals surface area contributed by atoms with Crippen LogP contribution in [0.25, 0.3) is 0 Å². The van der Waals surface area contributed by atoms with Gasteiger partial charge in [-0.1, -0.05) is 18.6 Å². The minimum absolute atomic E-state index is 0.00110. The van der Waals surface area contributed by atoms with Gasteiger partial charge in [-0.2, -0.15) is 0 Å². The van der Waals surface area contributed by atoms with Crippen LogP contribution in [-0.4, -0.2) is 29.8 Å². The number of carbonyl (C=O) groups is 2. The largest absolute Gasteiger partial charge is 0.333 e. The van der Waals surface area contributed by atoms with Crippen LogP contribution in [0.2, 0.25) is 0 Å². The van der Waals surface area contributed by atoms with Crippen molar-refractivity contribution in [2.24, 2.45) is 0 Å². The molecule has 2 rings (SSSR count). The number of benzene rings is 1. The third-order valence-electron chi connectivity index (χ3n) is 3.15. The van der Waals surface area contributed by atoms with Gasteiger partial charge in [0.2, 0.25) is 11.8 Å². The average Bonchev–Trinajstić information content (AvgIpc) is 2.58. The van der Waals surface area contributed by atoms with Gasteiger partial charge in [-0.25, -0.2) is 4.39 Å². The van der Waals surface area contributed by atoms with Crippen LogP contribution in [-0.2, 0) is 9.59 Å². The molecule has 1 aromatic rings. The minimum Gasteiger partial charge on any atom is -0.333 e. The Morgan fingerprint density at radius 3 is 2.84 bits per heavy atom. The van der Waals surface area contributed by atoms with Gasteiger partial charge in [0.1, 0.15) is 5.82 Å². The molecule has 0 bridgehead atoms. The normalized spacial score (nSPS) is 16.1. The van der Waals surface area contributed by atoms with Gasteiger partial charge >= 0.3 is 0 Å². The number of carbonyl (C=O) groups excluding carboxylic acids is 2. The molecule has 1 fully saturated rings. The van der Waals surface area contributed by atoms with Crippen molar-refractivity contribution in [1.82, 2.24) is 4.90 Å². The van der Waals surface area contributed by atoms with Gasteiger partial charge in [-0.05, 0) is 25.0 Å². The van der Waals surface area contributed by atoms with E-state index in [4.69, 9.17) is 0 Å². The monoisotopic (exact) mass is 264 g/mol. The lowest BCUT2D eigenvalue weighted by Crippen LogP contribution is -2.37. The van der Waals surface area contributed by atoms with Gasteiger partial charge in [0.25, 0.3) is 0 Å². The van der Waals surface area contributed by atoms with Crippen molar-refractivity contribution < 1.29 is 14.0 Å². The SMILES string of the molecule is O=C(CN1CCCCCC1=O)Nc1ccccc1F. The Morgan fingerprint density at radius 1 is 1.26 bits per heavy atom. The Bertz CT molecular complexity index is 476. The van der Waals surface area contributed by atoms with E-state index in [1.54, 1.807) is 17.0 Å². The van der Waals surface area contributed by atoms with Gasteiger partial charge in [-0.15, -0.1) is 0 Å². The number of amides is 2. The van der Waals surface area contributed by atoms with E-state index in [1.165, 1.54) is 12.1 Å². The number of para-hydroxylation sites is 1. The zero-order valence-corrected chi connectivity index (χ0v) is 10.7. The smallest absolute Gasteiger partial charge is 0.244 e. The molecule has 0 radical (unpaired) electrons. The van der Waals surface area contributed by atoms with Crippen molar-refractivity contribution in [2.45, 2.75) is 25.7 Å². The zero-order valence-electron chi connectivity index (χ0n) is 10.7. The number of hydrogen-bond acceptors (Lipinski definition) is 2. The fourth-order valence-corrected chi connectivity index (χ4v) is 2.13. The van der Waals surface area contributed by atoms with Crippen LogP contribution in [0, 0.1) is 5.82 Å². The first-order valence-electron chi connectivity index (χ1n) is 6.49. The van der Waals surface area contributed by atoms with Crippen LogP contribution in [0.15, 0.2) is 24.3 Å². The van der Waals surface area contributed by atoms with E-state index in [0.717, 1.165) is 19.3 Å². The van der Waals surface area contributed by atoms with E-state index in [9.17, 15) is 14.0 Å². The molecular weight excluding hydrogens is 247 g/mol. The van der Waals surface area contributed by atoms with Crippen LogP contribution in [0.5, 0.6) is 0 Å². The van der Waals surface area contributed by atoms with E-state index in [1.807, 2.05) is 0 Å². The maximum Gasteiger partial charge on any atom is 0.244 e. The molecule has 0 aliphatic carbocycles. The molecule has 0 saturated carbocycles. The maximum atomic E-state index is 13.4. The van der Waals surface area contributed by atoms with E-state index >= 15 is 0 Å². The summed E-state index contributed by atoms with van der Waals surface area (Å²) in [6, 6.07) is 5.99. The summed E-state index contributed by atoms with van der Waals surface area (Å²) < 4.78 is 13.4. The van der Waals surface area contributed by atoms with E-state index in [-0.39, 0.29) is 24.0 Å². The highest BCUT2D eigenvalue weighted by molar-refractivity contribution is 5.94. The molecule has 1 aromatic carbocycles. The summed E-state index contributed by atoms with van der Waals surface area (Å²) in [5.41, 5.74) is 0.148. The Morgan fingerprint density at radius 2 is 2.05 bits per heavy atom. The molecule has 19 heavy (non-hydrogen) atoms. The number of nitrogens with zero attached hydrogens (tertiary/aromatic N) is 1. The quantitative estimate of drug-likeness (QED) is 0.909. The Balaban J connectivity index is 1.93. The van der Waals surface area contributed by atoms with Gasteiger partial charge in [0.05, 0.1) is 12.2 Å². The summed E-state index contributed by atoms with van der Waals surface area (Å²) in [4.78, 5) is 25.1. The van der Waals surface area contributed by atoms with E-state index in [2.05, 4.69) is 5.32 Å². The van der Waals surface area contributed by atoms with Gasteiger partial charge < -0.3 is 10.2 Å². The summed E-state index contributed by atoms with van der Waals surface area (Å²) >= 11 is 0. The Hall–Kier alpha value is -1.91. The first-order chi connectivity index (χ1) is 9.16. The predicted octanol–water partition coefficient (Wildman–Crippen LogP) is 2.17. The average molecular weight is 264 g/mol. The number of likely N-dealkylation sites (tertiary alicyclic amines) is 1. The van der Waals surface area contributed by atoms with Gasteiger partial charge in [0.15, 0.2) is 0 Å². The molecule has 0 atom stereocenters. The molecule has 4 nitrogen and oxygen atoms in total. The van der Waals surface area contributed by atoms with Gasteiger partial charge in [-0.3, -0.25) is 9.59 Å². The molecule has 1 saturated heterocycles. The number of hydrogen-bond donors (Lipinski definition) is 1. The number of anilines is 1. The second kappa shape index (κ2) is 6.31. The lowest BCUT2D eigenvalue weighted by Gasteiger charge is -2.19. The highest BCUT2D eigenvalue weighted by Crippen LogP contribution is 2.14. The van der Waals surface area contributed by atoms with Crippen molar-refractivity contribution in [1.29, 1.82) is 0 Å². The highest BCUT2D eigenvalue weighted by atomic mass is 19.1. The van der Waals surface area contributed by atoms with Crippen molar-refractivity contribution in [2.75, 3.05) is 18.4 Å². The summed E-state index contributed by atoms with van der Waals surface area (Å²) in [6.07, 6.45) is 3.30. The fraction of sp³-hybridized carbons (Fsp3) is 0.429. The fourth-order valence-electron chi connectivity index (χ4n) is 2.13. The topological polar surface area (TPSA) is 49.4 Å². The first-order valence-corrected chi connectivity index (χ1v) is 6.49. The Kier molecular flexibility index (Phi) is 4.49. The van der Waals surface area contributed by atoms with Crippen molar-refractivity contribution in [3.63, 3.8) is 0 Å². The molecule has 0 spiro atoms. The predicted molar refractivity (Wildman–Crippen MR) is 70.1 cm³/mol. The van der Waals surface area contributed by atoms with E-state index in [0.29, 0.717) is 13.0 Å². The molecule has 2 amide bonds. The molecule has 1 N–H and O–H groups in total. The Labute approximate surface area is 111 Å². The third-order valence-corrected chi connectivity index (χ3v) is 3.15. The molecule has 0 unspecified atom stereocenters. The summed E-state index contributed by atoms with van der Waals surface area (Å²) in [5.74, 6) is -0.834. The first kappa shape index (κ1) is 13.5. The van der Waals surface area contributed by atoms with Crippen molar-refractivity contribution in [3.05, 3.63) is 30.1 Å². The van der Waals surface area contributed by atoms with Crippen LogP contribution < -0.4 is 5.32 Å². The highest BCUT2D eigenvalue weighted by Gasteiger charge is 2.19. The number of halogens is 1. The molecule has 0 aromatic heterocycles. The molecule has 1 aliphatic rings. The van der Waals surface area contributed by atoms with Crippen LogP contribution >= 0.6 is 0 Å². The van der Waals surface area contributed by atoms with Crippen molar-refractivity contribution in [3.8, 4) is 0 Å². The second-order valence-corrected chi connectivity index (χ2v) is 4.65. The number of rotatable bonds is 3. The van der Waals surface area contributed by atoms with Crippen LogP contribution in [0.3, 0.4) is 0 Å². The van der Waals surface area contributed by atoms with Crippen molar-refractivity contribution >= 4 is 17.5 Å². The van der Waals surface area contributed by atoms with Gasteiger partial charge in [0, 0.05) is 13.0 Å². The molecule has 1 heterocycles. The zero-order chi connectivity index (χ0) is 13.7. The lowest BCUT2D eigenvalue weighted by atomic mass is 10.2. The minimum atomic E-state index is -0.474. The van der Waals surface area contributed by atoms with Crippen LogP contribution in [0.4, 0.5) is 10.1 Å². The standard InChI is InChI=1S/C14H17FN2O2/c15-11-6-3-4-7-12(11)16-13(18)10-17-9-5-1-2-8-14(17)19/h3-4,6-7H,1-2,5,8-10H2,(H,16,18).